The minimum atomic E-state index is 0.0643. The molecule has 0 aliphatic heterocycles. The van der Waals surface area contributed by atoms with E-state index in [1.807, 2.05) is 6.07 Å². The molecule has 0 fully saturated rings. The first kappa shape index (κ1) is 8.35. The normalized spacial score (nSPS) is 14.3. The van der Waals surface area contributed by atoms with E-state index in [2.05, 4.69) is 4.98 Å². The van der Waals surface area contributed by atoms with E-state index in [0.717, 1.165) is 18.5 Å². The number of nitrogens with zero attached hydrogens (tertiary/aromatic N) is 1. The van der Waals surface area contributed by atoms with Crippen LogP contribution >= 0.6 is 0 Å². The molecule has 70 valence electrons. The molecular formula is C10H14N2O. The van der Waals surface area contributed by atoms with Crippen molar-refractivity contribution in [2.45, 2.75) is 19.3 Å². The van der Waals surface area contributed by atoms with Crippen LogP contribution in [0.2, 0.25) is 0 Å². The zero-order chi connectivity index (χ0) is 9.42. The zero-order valence-electron chi connectivity index (χ0n) is 8.05. The molecule has 1 amide bonds. The summed E-state index contributed by atoms with van der Waals surface area (Å²) in [6.45, 7) is 0. The monoisotopic (exact) mass is 178 g/mol. The van der Waals surface area contributed by atoms with Gasteiger partial charge in [0.15, 0.2) is 0 Å². The number of H-pyrrole nitrogens is 1. The Bertz CT molecular complexity index is 317. The summed E-state index contributed by atoms with van der Waals surface area (Å²) in [6, 6.07) is 1.99. The first-order valence-electron chi connectivity index (χ1n) is 4.61. The van der Waals surface area contributed by atoms with Crippen molar-refractivity contribution >= 4 is 5.91 Å². The van der Waals surface area contributed by atoms with Crippen molar-refractivity contribution in [2.24, 2.45) is 0 Å². The molecule has 0 unspecified atom stereocenters. The van der Waals surface area contributed by atoms with Crippen LogP contribution in [0.4, 0.5) is 0 Å². The molecule has 0 aromatic carbocycles. The topological polar surface area (TPSA) is 36.1 Å². The number of carbonyl (C=O) groups is 1. The Morgan fingerprint density at radius 1 is 1.46 bits per heavy atom. The highest BCUT2D eigenvalue weighted by Gasteiger charge is 2.18. The predicted octanol–water partition coefficient (Wildman–Crippen LogP) is 1.21. The van der Waals surface area contributed by atoms with Crippen molar-refractivity contribution in [3.05, 3.63) is 23.0 Å². The maximum absolute atomic E-state index is 11.5. The number of fused-ring (bicyclic) bond motifs is 1. The van der Waals surface area contributed by atoms with E-state index in [1.165, 1.54) is 17.7 Å². The highest BCUT2D eigenvalue weighted by molar-refractivity contribution is 5.92. The third-order valence-electron chi connectivity index (χ3n) is 2.50. The Balaban J connectivity index is 2.28. The van der Waals surface area contributed by atoms with Crippen LogP contribution in [0.25, 0.3) is 0 Å². The molecule has 1 aliphatic carbocycles. The number of amides is 1. The maximum atomic E-state index is 11.5. The van der Waals surface area contributed by atoms with Crippen LogP contribution < -0.4 is 0 Å². The lowest BCUT2D eigenvalue weighted by atomic mass is 10.2. The SMILES string of the molecule is CN(C)C(=O)c1cc2c([nH]1)CCC2. The smallest absolute Gasteiger partial charge is 0.269 e. The Kier molecular flexibility index (Phi) is 1.87. The summed E-state index contributed by atoms with van der Waals surface area (Å²) >= 11 is 0. The molecule has 3 heteroatoms. The Hall–Kier alpha value is -1.25. The van der Waals surface area contributed by atoms with Gasteiger partial charge in [-0.2, -0.15) is 0 Å². The number of hydrogen-bond acceptors (Lipinski definition) is 1. The second-order valence-electron chi connectivity index (χ2n) is 3.74. The summed E-state index contributed by atoms with van der Waals surface area (Å²) in [5.74, 6) is 0.0643. The molecule has 2 rings (SSSR count). The van der Waals surface area contributed by atoms with Crippen LogP contribution in [-0.4, -0.2) is 29.9 Å². The molecule has 0 radical (unpaired) electrons. The van der Waals surface area contributed by atoms with E-state index >= 15 is 0 Å². The van der Waals surface area contributed by atoms with Gasteiger partial charge in [0, 0.05) is 19.8 Å². The molecule has 1 N–H and O–H groups in total. The fourth-order valence-electron chi connectivity index (χ4n) is 1.80. The van der Waals surface area contributed by atoms with E-state index in [9.17, 15) is 4.79 Å². The lowest BCUT2D eigenvalue weighted by Gasteiger charge is -2.07. The highest BCUT2D eigenvalue weighted by Crippen LogP contribution is 2.22. The largest absolute Gasteiger partial charge is 0.354 e. The van der Waals surface area contributed by atoms with Gasteiger partial charge in [0.2, 0.25) is 0 Å². The maximum Gasteiger partial charge on any atom is 0.269 e. The number of nitrogens with one attached hydrogen (secondary N) is 1. The number of aromatic amines is 1. The standard InChI is InChI=1S/C10H14N2O/c1-12(2)10(13)9-6-7-4-3-5-8(7)11-9/h6,11H,3-5H2,1-2H3. The van der Waals surface area contributed by atoms with Crippen molar-refractivity contribution in [1.82, 2.24) is 9.88 Å². The molecule has 13 heavy (non-hydrogen) atoms. The van der Waals surface area contributed by atoms with Gasteiger partial charge >= 0.3 is 0 Å². The molecule has 1 aromatic heterocycles. The van der Waals surface area contributed by atoms with Gasteiger partial charge in [0.05, 0.1) is 0 Å². The third-order valence-corrected chi connectivity index (χ3v) is 2.50. The van der Waals surface area contributed by atoms with E-state index in [0.29, 0.717) is 0 Å². The summed E-state index contributed by atoms with van der Waals surface area (Å²) in [7, 11) is 3.54. The second kappa shape index (κ2) is 2.91. The van der Waals surface area contributed by atoms with Crippen LogP contribution in [0, 0.1) is 0 Å². The van der Waals surface area contributed by atoms with Crippen LogP contribution in [-0.2, 0) is 12.8 Å². The van der Waals surface area contributed by atoms with Crippen LogP contribution in [0.5, 0.6) is 0 Å². The zero-order valence-corrected chi connectivity index (χ0v) is 8.05. The van der Waals surface area contributed by atoms with Crippen LogP contribution in [0.15, 0.2) is 6.07 Å². The Morgan fingerprint density at radius 3 is 2.85 bits per heavy atom. The first-order chi connectivity index (χ1) is 6.18. The molecular weight excluding hydrogens is 164 g/mol. The molecule has 0 saturated carbocycles. The van der Waals surface area contributed by atoms with Gasteiger partial charge in [-0.1, -0.05) is 0 Å². The Labute approximate surface area is 77.7 Å². The minimum absolute atomic E-state index is 0.0643. The van der Waals surface area contributed by atoms with Gasteiger partial charge in [-0.3, -0.25) is 4.79 Å². The molecule has 0 bridgehead atoms. The van der Waals surface area contributed by atoms with Gasteiger partial charge in [-0.25, -0.2) is 0 Å². The minimum Gasteiger partial charge on any atom is -0.354 e. The van der Waals surface area contributed by atoms with Crippen molar-refractivity contribution in [1.29, 1.82) is 0 Å². The fourth-order valence-corrected chi connectivity index (χ4v) is 1.80. The predicted molar refractivity (Wildman–Crippen MR) is 50.8 cm³/mol. The number of aromatic nitrogens is 1. The van der Waals surface area contributed by atoms with E-state index in [-0.39, 0.29) is 5.91 Å². The van der Waals surface area contributed by atoms with Crippen LogP contribution in [0.3, 0.4) is 0 Å². The summed E-state index contributed by atoms with van der Waals surface area (Å²) in [4.78, 5) is 16.3. The molecule has 0 atom stereocenters. The van der Waals surface area contributed by atoms with Gasteiger partial charge in [-0.15, -0.1) is 0 Å². The Morgan fingerprint density at radius 2 is 2.23 bits per heavy atom. The lowest BCUT2D eigenvalue weighted by molar-refractivity contribution is 0.0822. The van der Waals surface area contributed by atoms with Crippen LogP contribution in [0.1, 0.15) is 28.2 Å². The molecule has 1 aromatic rings. The molecule has 0 saturated heterocycles. The average Bonchev–Trinajstić information content (AvgIpc) is 2.59. The third kappa shape index (κ3) is 1.34. The van der Waals surface area contributed by atoms with Crippen molar-refractivity contribution < 1.29 is 4.79 Å². The lowest BCUT2D eigenvalue weighted by Crippen LogP contribution is -2.22. The average molecular weight is 178 g/mol. The quantitative estimate of drug-likeness (QED) is 0.689. The van der Waals surface area contributed by atoms with E-state index < -0.39 is 0 Å². The van der Waals surface area contributed by atoms with Crippen molar-refractivity contribution in [2.75, 3.05) is 14.1 Å². The highest BCUT2D eigenvalue weighted by atomic mass is 16.2. The first-order valence-corrected chi connectivity index (χ1v) is 4.61. The van der Waals surface area contributed by atoms with Crippen molar-refractivity contribution in [3.8, 4) is 0 Å². The van der Waals surface area contributed by atoms with Gasteiger partial charge < -0.3 is 9.88 Å². The second-order valence-corrected chi connectivity index (χ2v) is 3.74. The molecule has 1 heterocycles. The summed E-state index contributed by atoms with van der Waals surface area (Å²) in [5.41, 5.74) is 3.31. The molecule has 0 spiro atoms. The van der Waals surface area contributed by atoms with E-state index in [1.54, 1.807) is 19.0 Å². The summed E-state index contributed by atoms with van der Waals surface area (Å²) in [5, 5.41) is 0. The number of rotatable bonds is 1. The van der Waals surface area contributed by atoms with E-state index in [4.69, 9.17) is 0 Å². The van der Waals surface area contributed by atoms with Crippen molar-refractivity contribution in [3.63, 3.8) is 0 Å². The van der Waals surface area contributed by atoms with Gasteiger partial charge in [0.1, 0.15) is 5.69 Å². The summed E-state index contributed by atoms with van der Waals surface area (Å²) < 4.78 is 0. The number of aryl methyl sites for hydroxylation is 2. The summed E-state index contributed by atoms with van der Waals surface area (Å²) in [6.07, 6.45) is 3.43. The molecule has 3 nitrogen and oxygen atoms in total. The number of carbonyl (C=O) groups excluding carboxylic acids is 1. The molecule has 1 aliphatic rings. The van der Waals surface area contributed by atoms with Gasteiger partial charge in [0.25, 0.3) is 5.91 Å². The fraction of sp³-hybridized carbons (Fsp3) is 0.500. The van der Waals surface area contributed by atoms with Gasteiger partial charge in [-0.05, 0) is 30.9 Å². The number of hydrogen-bond donors (Lipinski definition) is 1.